The summed E-state index contributed by atoms with van der Waals surface area (Å²) < 4.78 is 7.17. The molecule has 4 aromatic rings. The molecule has 2 aliphatic rings. The average Bonchev–Trinajstić information content (AvgIpc) is 3.52. The van der Waals surface area contributed by atoms with Gasteiger partial charge < -0.3 is 14.7 Å². The van der Waals surface area contributed by atoms with E-state index in [0.29, 0.717) is 55.1 Å². The maximum Gasteiger partial charge on any atom is 0.338 e. The molecule has 0 aliphatic carbocycles. The Morgan fingerprint density at radius 1 is 1.14 bits per heavy atom. The summed E-state index contributed by atoms with van der Waals surface area (Å²) in [5, 5.41) is 9.61. The number of carboxylic acid groups (broad SMARTS) is 1. The van der Waals surface area contributed by atoms with Gasteiger partial charge in [0.15, 0.2) is 5.65 Å². The summed E-state index contributed by atoms with van der Waals surface area (Å²) in [6.07, 6.45) is 4.74. The van der Waals surface area contributed by atoms with Gasteiger partial charge in [-0.05, 0) is 49.1 Å². The molecule has 5 heterocycles. The van der Waals surface area contributed by atoms with Crippen LogP contribution in [0.1, 0.15) is 56.4 Å². The first-order valence-corrected chi connectivity index (χ1v) is 12.1. The monoisotopic (exact) mass is 500 g/mol. The number of benzene rings is 1. The van der Waals surface area contributed by atoms with Gasteiger partial charge in [-0.1, -0.05) is 0 Å². The number of anilines is 1. The van der Waals surface area contributed by atoms with Crippen molar-refractivity contribution in [1.82, 2.24) is 24.5 Å². The fraction of sp³-hybridized carbons (Fsp3) is 0.308. The molecule has 2 aliphatic heterocycles. The summed E-state index contributed by atoms with van der Waals surface area (Å²) in [5.74, 6) is 0.220. The third kappa shape index (κ3) is 3.92. The number of piperidine rings is 1. The van der Waals surface area contributed by atoms with Crippen LogP contribution in [-0.2, 0) is 6.42 Å². The van der Waals surface area contributed by atoms with E-state index in [1.807, 2.05) is 24.0 Å². The molecular formula is C26H24N6O5. The third-order valence-corrected chi connectivity index (χ3v) is 7.11. The Bertz CT molecular complexity index is 1620. The van der Waals surface area contributed by atoms with Gasteiger partial charge in [-0.25, -0.2) is 24.5 Å². The quantitative estimate of drug-likeness (QED) is 0.395. The van der Waals surface area contributed by atoms with Gasteiger partial charge in [-0.15, -0.1) is 0 Å². The molecule has 1 aromatic carbocycles. The summed E-state index contributed by atoms with van der Waals surface area (Å²) in [6, 6.07) is 6.62. The molecule has 0 saturated carbocycles. The molecule has 0 unspecified atom stereocenters. The van der Waals surface area contributed by atoms with Gasteiger partial charge in [0, 0.05) is 43.4 Å². The standard InChI is InChI=1S/C26H24N6O5/c1-14-10-16(11-15-5-9-37-23(14)15)22(33)19-12-20(29-13-28-19)31-7-3-17(4-8-31)32-21-18(25(34)35)2-6-27-24(21)30-26(32)36/h2,6,10-13,17H,3-5,7-9H2,1H3,(H,34,35)(H,27,30,36). The molecular weight excluding hydrogens is 476 g/mol. The van der Waals surface area contributed by atoms with Gasteiger partial charge in [0.25, 0.3) is 0 Å². The maximum atomic E-state index is 13.2. The molecule has 0 atom stereocenters. The molecule has 0 bridgehead atoms. The lowest BCUT2D eigenvalue weighted by Gasteiger charge is -2.33. The predicted octanol–water partition coefficient (Wildman–Crippen LogP) is 2.53. The van der Waals surface area contributed by atoms with Crippen molar-refractivity contribution in [3.8, 4) is 5.75 Å². The van der Waals surface area contributed by atoms with Crippen molar-refractivity contribution < 1.29 is 19.4 Å². The first-order chi connectivity index (χ1) is 17.9. The Kier molecular flexibility index (Phi) is 5.47. The second-order valence-corrected chi connectivity index (χ2v) is 9.35. The minimum absolute atomic E-state index is 0.0399. The van der Waals surface area contributed by atoms with Gasteiger partial charge in [0.2, 0.25) is 5.78 Å². The lowest BCUT2D eigenvalue weighted by atomic mass is 10.00. The van der Waals surface area contributed by atoms with Crippen molar-refractivity contribution in [3.05, 3.63) is 75.2 Å². The van der Waals surface area contributed by atoms with Crippen LogP contribution in [0, 0.1) is 6.92 Å². The maximum absolute atomic E-state index is 13.2. The van der Waals surface area contributed by atoms with E-state index in [2.05, 4.69) is 19.9 Å². The molecule has 2 N–H and O–H groups in total. The largest absolute Gasteiger partial charge is 0.493 e. The van der Waals surface area contributed by atoms with Crippen LogP contribution in [0.25, 0.3) is 11.2 Å². The van der Waals surface area contributed by atoms with Crippen LogP contribution in [0.4, 0.5) is 5.82 Å². The van der Waals surface area contributed by atoms with E-state index in [4.69, 9.17) is 4.74 Å². The van der Waals surface area contributed by atoms with E-state index < -0.39 is 5.97 Å². The molecule has 0 spiro atoms. The number of aromatic carboxylic acids is 1. The Morgan fingerprint density at radius 3 is 2.73 bits per heavy atom. The highest BCUT2D eigenvalue weighted by Crippen LogP contribution is 2.32. The number of carbonyl (C=O) groups excluding carboxylic acids is 1. The fourth-order valence-electron chi connectivity index (χ4n) is 5.35. The highest BCUT2D eigenvalue weighted by molar-refractivity contribution is 6.08. The number of hydrogen-bond acceptors (Lipinski definition) is 8. The number of imidazole rings is 1. The van der Waals surface area contributed by atoms with Gasteiger partial charge in [-0.3, -0.25) is 14.3 Å². The summed E-state index contributed by atoms with van der Waals surface area (Å²) in [5.41, 5.74) is 3.10. The molecule has 1 fully saturated rings. The zero-order valence-corrected chi connectivity index (χ0v) is 20.1. The molecule has 6 rings (SSSR count). The predicted molar refractivity (Wildman–Crippen MR) is 134 cm³/mol. The number of carbonyl (C=O) groups is 2. The number of H-pyrrole nitrogens is 1. The summed E-state index contributed by atoms with van der Waals surface area (Å²) >= 11 is 0. The number of aromatic amines is 1. The van der Waals surface area contributed by atoms with Crippen LogP contribution in [-0.4, -0.2) is 61.1 Å². The first-order valence-electron chi connectivity index (χ1n) is 12.1. The van der Waals surface area contributed by atoms with Crippen molar-refractivity contribution in [1.29, 1.82) is 0 Å². The Hall–Kier alpha value is -4.54. The summed E-state index contributed by atoms with van der Waals surface area (Å²) in [6.45, 7) is 3.71. The number of aromatic nitrogens is 5. The van der Waals surface area contributed by atoms with Crippen molar-refractivity contribution >= 4 is 28.7 Å². The average molecular weight is 501 g/mol. The van der Waals surface area contributed by atoms with Crippen LogP contribution in [0.3, 0.4) is 0 Å². The third-order valence-electron chi connectivity index (χ3n) is 7.11. The van der Waals surface area contributed by atoms with Gasteiger partial charge in [0.1, 0.15) is 29.1 Å². The number of fused-ring (bicyclic) bond motifs is 2. The molecule has 11 nitrogen and oxygen atoms in total. The second kappa shape index (κ2) is 8.84. The van der Waals surface area contributed by atoms with E-state index >= 15 is 0 Å². The van der Waals surface area contributed by atoms with Crippen LogP contribution >= 0.6 is 0 Å². The van der Waals surface area contributed by atoms with Crippen molar-refractivity contribution in [3.63, 3.8) is 0 Å². The zero-order valence-electron chi connectivity index (χ0n) is 20.1. The molecule has 1 saturated heterocycles. The second-order valence-electron chi connectivity index (χ2n) is 9.35. The number of nitrogens with one attached hydrogen (secondary N) is 1. The van der Waals surface area contributed by atoms with E-state index in [9.17, 15) is 19.5 Å². The van der Waals surface area contributed by atoms with Crippen LogP contribution in [0.2, 0.25) is 0 Å². The molecule has 0 amide bonds. The molecule has 3 aromatic heterocycles. The van der Waals surface area contributed by atoms with Crippen LogP contribution in [0.15, 0.2) is 41.6 Å². The summed E-state index contributed by atoms with van der Waals surface area (Å²) in [4.78, 5) is 55.2. The smallest absolute Gasteiger partial charge is 0.338 e. The SMILES string of the molecule is Cc1cc(C(=O)c2cc(N3CCC(n4c(=O)[nH]c5nccc(C(=O)O)c54)CC3)ncn2)cc2c1OCC2. The van der Waals surface area contributed by atoms with Gasteiger partial charge in [0.05, 0.1) is 12.2 Å². The molecule has 0 radical (unpaired) electrons. The zero-order chi connectivity index (χ0) is 25.7. The highest BCUT2D eigenvalue weighted by Gasteiger charge is 2.27. The number of carboxylic acids is 1. The lowest BCUT2D eigenvalue weighted by Crippen LogP contribution is -2.37. The lowest BCUT2D eigenvalue weighted by molar-refractivity contribution is 0.0698. The van der Waals surface area contributed by atoms with E-state index in [-0.39, 0.29) is 28.7 Å². The normalized spacial score (nSPS) is 15.5. The van der Waals surface area contributed by atoms with E-state index in [0.717, 1.165) is 23.3 Å². The van der Waals surface area contributed by atoms with Crippen molar-refractivity contribution in [2.24, 2.45) is 0 Å². The minimum Gasteiger partial charge on any atom is -0.493 e. The summed E-state index contributed by atoms with van der Waals surface area (Å²) in [7, 11) is 0. The Balaban J connectivity index is 1.23. The van der Waals surface area contributed by atoms with Gasteiger partial charge in [-0.2, -0.15) is 0 Å². The number of aryl methyl sites for hydroxylation is 1. The number of hydrogen-bond donors (Lipinski definition) is 2. The highest BCUT2D eigenvalue weighted by atomic mass is 16.5. The number of rotatable bonds is 5. The number of ether oxygens (including phenoxy) is 1. The molecule has 37 heavy (non-hydrogen) atoms. The minimum atomic E-state index is -1.11. The molecule has 11 heteroatoms. The van der Waals surface area contributed by atoms with E-state index in [1.165, 1.54) is 23.2 Å². The Morgan fingerprint density at radius 2 is 1.95 bits per heavy atom. The topological polar surface area (TPSA) is 143 Å². The molecule has 188 valence electrons. The first kappa shape index (κ1) is 22.9. The van der Waals surface area contributed by atoms with E-state index in [1.54, 1.807) is 6.07 Å². The van der Waals surface area contributed by atoms with Crippen molar-refractivity contribution in [2.45, 2.75) is 32.2 Å². The van der Waals surface area contributed by atoms with Crippen molar-refractivity contribution in [2.75, 3.05) is 24.6 Å². The number of pyridine rings is 1. The number of ketones is 1. The Labute approximate surface area is 210 Å². The number of nitrogens with zero attached hydrogens (tertiary/aromatic N) is 5. The van der Waals surface area contributed by atoms with Gasteiger partial charge >= 0.3 is 11.7 Å². The van der Waals surface area contributed by atoms with Crippen LogP contribution in [0.5, 0.6) is 5.75 Å². The van der Waals surface area contributed by atoms with Crippen LogP contribution < -0.4 is 15.3 Å². The fourth-order valence-corrected chi connectivity index (χ4v) is 5.35.